The summed E-state index contributed by atoms with van der Waals surface area (Å²) in [6.45, 7) is 0. The maximum atomic E-state index is 12.9. The summed E-state index contributed by atoms with van der Waals surface area (Å²) in [6, 6.07) is 3.29. The van der Waals surface area contributed by atoms with Crippen LogP contribution in [-0.4, -0.2) is 41.0 Å². The predicted molar refractivity (Wildman–Crippen MR) is 70.6 cm³/mol. The van der Waals surface area contributed by atoms with Crippen molar-refractivity contribution in [1.82, 2.24) is 4.90 Å². The molecule has 2 unspecified atom stereocenters. The van der Waals surface area contributed by atoms with E-state index in [9.17, 15) is 32.9 Å². The molecule has 2 aliphatic heterocycles. The van der Waals surface area contributed by atoms with E-state index in [0.29, 0.717) is 4.90 Å². The third-order valence-corrected chi connectivity index (χ3v) is 4.15. The minimum Gasteiger partial charge on any atom is -0.324 e. The van der Waals surface area contributed by atoms with Crippen molar-refractivity contribution in [3.8, 4) is 0 Å². The molecule has 2 aliphatic rings. The summed E-state index contributed by atoms with van der Waals surface area (Å²) >= 11 is 0. The van der Waals surface area contributed by atoms with Crippen LogP contribution in [0.3, 0.4) is 0 Å². The number of non-ortho nitro benzene ring substituents is 1. The van der Waals surface area contributed by atoms with Gasteiger partial charge in [-0.1, -0.05) is 0 Å². The highest BCUT2D eigenvalue weighted by Gasteiger charge is 2.56. The number of hydrogen-bond acceptors (Lipinski definition) is 4. The number of amides is 2. The molecule has 3 rings (SSSR count). The molecule has 2 atom stereocenters. The zero-order chi connectivity index (χ0) is 17.1. The molecule has 1 fully saturated rings. The molecule has 0 aliphatic carbocycles. The summed E-state index contributed by atoms with van der Waals surface area (Å²) in [7, 11) is 1.31. The predicted octanol–water partition coefficient (Wildman–Crippen LogP) is 1.78. The molecule has 10 heteroatoms. The zero-order valence-electron chi connectivity index (χ0n) is 11.7. The van der Waals surface area contributed by atoms with Crippen LogP contribution < -0.4 is 4.90 Å². The van der Waals surface area contributed by atoms with Gasteiger partial charge in [0.2, 0.25) is 5.91 Å². The average Bonchev–Trinajstić information content (AvgIpc) is 2.92. The van der Waals surface area contributed by atoms with E-state index in [1.807, 2.05) is 0 Å². The topological polar surface area (TPSA) is 83.8 Å². The Balaban J connectivity index is 2.16. The first-order valence-corrected chi connectivity index (χ1v) is 6.57. The van der Waals surface area contributed by atoms with Crippen LogP contribution in [0.25, 0.3) is 0 Å². The van der Waals surface area contributed by atoms with Crippen LogP contribution in [0.4, 0.5) is 24.5 Å². The number of anilines is 1. The fraction of sp³-hybridized carbons (Fsp3) is 0.385. The number of fused-ring (bicyclic) bond motifs is 3. The number of carbonyl (C=O) groups is 2. The fourth-order valence-corrected chi connectivity index (χ4v) is 3.16. The molecule has 0 spiro atoms. The van der Waals surface area contributed by atoms with Gasteiger partial charge < -0.3 is 4.90 Å². The van der Waals surface area contributed by atoms with Crippen molar-refractivity contribution in [2.24, 2.45) is 0 Å². The van der Waals surface area contributed by atoms with Gasteiger partial charge in [-0.25, -0.2) is 0 Å². The summed E-state index contributed by atoms with van der Waals surface area (Å²) in [6.07, 6.45) is -6.33. The third kappa shape index (κ3) is 2.13. The SMILES string of the molecule is CN1C(=O)CC2c3cc([N+](=O)[O-])ccc3N(C(=O)C(F)(F)F)C21. The molecular weight excluding hydrogens is 319 g/mol. The Labute approximate surface area is 127 Å². The van der Waals surface area contributed by atoms with Gasteiger partial charge in [0.25, 0.3) is 5.69 Å². The summed E-state index contributed by atoms with van der Waals surface area (Å²) < 4.78 is 38.6. The number of nitro groups is 1. The van der Waals surface area contributed by atoms with Crippen LogP contribution in [0.5, 0.6) is 0 Å². The lowest BCUT2D eigenvalue weighted by molar-refractivity contribution is -0.384. The van der Waals surface area contributed by atoms with Gasteiger partial charge in [0, 0.05) is 31.5 Å². The normalized spacial score (nSPS) is 23.0. The quantitative estimate of drug-likeness (QED) is 0.581. The average molecular weight is 329 g/mol. The van der Waals surface area contributed by atoms with E-state index in [2.05, 4.69) is 0 Å². The Bertz CT molecular complexity index is 734. The van der Waals surface area contributed by atoms with Gasteiger partial charge in [0.05, 0.1) is 10.6 Å². The summed E-state index contributed by atoms with van der Waals surface area (Å²) in [5.41, 5.74) is -0.141. The van der Waals surface area contributed by atoms with E-state index in [0.717, 1.165) is 23.1 Å². The minimum absolute atomic E-state index is 0.0488. The molecule has 0 radical (unpaired) electrons. The number of benzene rings is 1. The smallest absolute Gasteiger partial charge is 0.324 e. The molecule has 2 heterocycles. The van der Waals surface area contributed by atoms with E-state index in [4.69, 9.17) is 0 Å². The van der Waals surface area contributed by atoms with Gasteiger partial charge in [-0.2, -0.15) is 13.2 Å². The van der Waals surface area contributed by atoms with Crippen LogP contribution in [0.2, 0.25) is 0 Å². The van der Waals surface area contributed by atoms with Gasteiger partial charge in [-0.3, -0.25) is 24.6 Å². The molecule has 1 aromatic rings. The Morgan fingerprint density at radius 2 is 2.04 bits per heavy atom. The molecular formula is C13H10F3N3O4. The van der Waals surface area contributed by atoms with Crippen molar-refractivity contribution in [2.45, 2.75) is 24.7 Å². The molecule has 0 aromatic heterocycles. The lowest BCUT2D eigenvalue weighted by Crippen LogP contribution is -2.51. The van der Waals surface area contributed by atoms with Gasteiger partial charge in [-0.05, 0) is 11.6 Å². The highest BCUT2D eigenvalue weighted by Crippen LogP contribution is 2.49. The maximum absolute atomic E-state index is 12.9. The van der Waals surface area contributed by atoms with Crippen molar-refractivity contribution < 1.29 is 27.7 Å². The van der Waals surface area contributed by atoms with Crippen molar-refractivity contribution in [1.29, 1.82) is 0 Å². The standard InChI is InChI=1S/C13H10F3N3O4/c1-17-10(20)5-8-7-4-6(19(22)23)2-3-9(7)18(11(8)17)12(21)13(14,15)16/h2-4,8,11H,5H2,1H3. The Hall–Kier alpha value is -2.65. The molecule has 23 heavy (non-hydrogen) atoms. The van der Waals surface area contributed by atoms with E-state index in [-0.39, 0.29) is 23.4 Å². The van der Waals surface area contributed by atoms with Crippen molar-refractivity contribution >= 4 is 23.2 Å². The van der Waals surface area contributed by atoms with Crippen LogP contribution in [0.15, 0.2) is 18.2 Å². The van der Waals surface area contributed by atoms with Gasteiger partial charge in [0.15, 0.2) is 0 Å². The van der Waals surface area contributed by atoms with E-state index >= 15 is 0 Å². The lowest BCUT2D eigenvalue weighted by Gasteiger charge is -2.30. The van der Waals surface area contributed by atoms with Crippen molar-refractivity contribution in [2.75, 3.05) is 11.9 Å². The first kappa shape index (κ1) is 15.3. The van der Waals surface area contributed by atoms with E-state index < -0.39 is 35.0 Å². The molecule has 0 N–H and O–H groups in total. The van der Waals surface area contributed by atoms with Gasteiger partial charge in [-0.15, -0.1) is 0 Å². The fourth-order valence-electron chi connectivity index (χ4n) is 3.16. The molecule has 1 aromatic carbocycles. The van der Waals surface area contributed by atoms with E-state index in [1.165, 1.54) is 7.05 Å². The summed E-state index contributed by atoms with van der Waals surface area (Å²) in [5.74, 6) is -3.23. The number of halogens is 3. The number of carbonyl (C=O) groups excluding carboxylic acids is 2. The van der Waals surface area contributed by atoms with Crippen molar-refractivity contribution in [3.63, 3.8) is 0 Å². The van der Waals surface area contributed by atoms with Gasteiger partial charge in [0.1, 0.15) is 6.17 Å². The van der Waals surface area contributed by atoms with Crippen LogP contribution in [0, 0.1) is 10.1 Å². The molecule has 7 nitrogen and oxygen atoms in total. The number of nitrogens with zero attached hydrogens (tertiary/aromatic N) is 3. The van der Waals surface area contributed by atoms with E-state index in [1.54, 1.807) is 0 Å². The molecule has 0 bridgehead atoms. The molecule has 1 saturated heterocycles. The number of likely N-dealkylation sites (N-methyl/N-ethyl adjacent to an activating group) is 1. The first-order valence-electron chi connectivity index (χ1n) is 6.57. The van der Waals surface area contributed by atoms with Crippen LogP contribution in [0.1, 0.15) is 17.9 Å². The minimum atomic E-state index is -5.11. The second-order valence-electron chi connectivity index (χ2n) is 5.40. The molecule has 122 valence electrons. The Kier molecular flexibility index (Phi) is 3.10. The highest BCUT2D eigenvalue weighted by molar-refractivity contribution is 6.02. The number of likely N-dealkylation sites (tertiary alicyclic amines) is 1. The number of alkyl halides is 3. The first-order chi connectivity index (χ1) is 10.6. The lowest BCUT2D eigenvalue weighted by atomic mass is 9.98. The highest BCUT2D eigenvalue weighted by atomic mass is 19.4. The second kappa shape index (κ2) is 4.67. The number of rotatable bonds is 1. The maximum Gasteiger partial charge on any atom is 0.471 e. The monoisotopic (exact) mass is 329 g/mol. The largest absolute Gasteiger partial charge is 0.471 e. The molecule has 0 saturated carbocycles. The number of nitro benzene ring substituents is 1. The van der Waals surface area contributed by atoms with Crippen LogP contribution >= 0.6 is 0 Å². The van der Waals surface area contributed by atoms with Crippen LogP contribution in [-0.2, 0) is 9.59 Å². The zero-order valence-corrected chi connectivity index (χ0v) is 11.7. The van der Waals surface area contributed by atoms with Gasteiger partial charge >= 0.3 is 12.1 Å². The van der Waals surface area contributed by atoms with Crippen molar-refractivity contribution in [3.05, 3.63) is 33.9 Å². The summed E-state index contributed by atoms with van der Waals surface area (Å²) in [4.78, 5) is 35.3. The third-order valence-electron chi connectivity index (χ3n) is 4.15. The number of hydrogen-bond donors (Lipinski definition) is 0. The second-order valence-corrected chi connectivity index (χ2v) is 5.40. The Morgan fingerprint density at radius 1 is 1.39 bits per heavy atom. The summed E-state index contributed by atoms with van der Waals surface area (Å²) in [5, 5.41) is 10.9. The Morgan fingerprint density at radius 3 is 2.61 bits per heavy atom. The molecule has 2 amide bonds.